The summed E-state index contributed by atoms with van der Waals surface area (Å²) in [6.07, 6.45) is 2.21. The SMILES string of the molecule is CCn1cc(-c2ccc(CC(CCO)NC(=O)c3ccc(OC(C)C)c(Cl)c3)cc2F)nc1C(C)=O. The van der Waals surface area contributed by atoms with E-state index in [4.69, 9.17) is 16.3 Å². The van der Waals surface area contributed by atoms with Crippen molar-refractivity contribution in [3.05, 3.63) is 70.4 Å². The van der Waals surface area contributed by atoms with Crippen LogP contribution in [-0.2, 0) is 13.0 Å². The number of aryl methyl sites for hydroxylation is 1. The van der Waals surface area contributed by atoms with Gasteiger partial charge in [-0.05, 0) is 69.5 Å². The van der Waals surface area contributed by atoms with Crippen molar-refractivity contribution < 1.29 is 23.8 Å². The second kappa shape index (κ2) is 12.1. The number of benzene rings is 2. The van der Waals surface area contributed by atoms with Crippen molar-refractivity contribution in [1.82, 2.24) is 14.9 Å². The maximum Gasteiger partial charge on any atom is 0.251 e. The fraction of sp³-hybridized carbons (Fsp3) is 0.370. The second-order valence-corrected chi connectivity index (χ2v) is 9.21. The molecular weight excluding hydrogens is 485 g/mol. The molecule has 1 amide bonds. The number of hydrogen-bond acceptors (Lipinski definition) is 5. The molecule has 3 rings (SSSR count). The molecule has 0 bridgehead atoms. The standard InChI is InChI=1S/C27H31ClFN3O4/c1-5-32-15-24(31-26(32)17(4)34)21-8-6-18(13-23(21)29)12-20(10-11-33)30-27(35)19-7-9-25(22(28)14-19)36-16(2)3/h6-9,13-16,20,33H,5,10-12H2,1-4H3,(H,30,35). The predicted molar refractivity (Wildman–Crippen MR) is 137 cm³/mol. The highest BCUT2D eigenvalue weighted by molar-refractivity contribution is 6.32. The first-order valence-electron chi connectivity index (χ1n) is 11.9. The van der Waals surface area contributed by atoms with Gasteiger partial charge >= 0.3 is 0 Å². The van der Waals surface area contributed by atoms with Crippen LogP contribution in [0.1, 0.15) is 60.7 Å². The number of carbonyl (C=O) groups excluding carboxylic acids is 2. The van der Waals surface area contributed by atoms with Gasteiger partial charge in [0.25, 0.3) is 5.91 Å². The zero-order valence-electron chi connectivity index (χ0n) is 20.8. The van der Waals surface area contributed by atoms with Crippen molar-refractivity contribution in [3.8, 4) is 17.0 Å². The molecule has 0 spiro atoms. The molecule has 192 valence electrons. The maximum absolute atomic E-state index is 15.0. The minimum Gasteiger partial charge on any atom is -0.489 e. The third kappa shape index (κ3) is 6.71. The molecule has 1 aromatic heterocycles. The molecule has 0 saturated heterocycles. The van der Waals surface area contributed by atoms with Crippen LogP contribution in [0.3, 0.4) is 0 Å². The highest BCUT2D eigenvalue weighted by Gasteiger charge is 2.19. The summed E-state index contributed by atoms with van der Waals surface area (Å²) in [7, 11) is 0. The van der Waals surface area contributed by atoms with E-state index in [0.29, 0.717) is 47.0 Å². The number of imidazole rings is 1. The lowest BCUT2D eigenvalue weighted by Gasteiger charge is -2.19. The van der Waals surface area contributed by atoms with Gasteiger partial charge in [-0.1, -0.05) is 17.7 Å². The first-order valence-corrected chi connectivity index (χ1v) is 12.3. The van der Waals surface area contributed by atoms with Crippen LogP contribution in [0.4, 0.5) is 4.39 Å². The Morgan fingerprint density at radius 2 is 1.97 bits per heavy atom. The maximum atomic E-state index is 15.0. The van der Waals surface area contributed by atoms with E-state index in [1.165, 1.54) is 19.1 Å². The zero-order chi connectivity index (χ0) is 26.4. The normalized spacial score (nSPS) is 12.0. The molecule has 0 aliphatic heterocycles. The van der Waals surface area contributed by atoms with Crippen LogP contribution >= 0.6 is 11.6 Å². The average molecular weight is 516 g/mol. The number of nitrogens with zero attached hydrogens (tertiary/aromatic N) is 2. The molecule has 1 heterocycles. The quantitative estimate of drug-likeness (QED) is 0.347. The number of hydrogen-bond donors (Lipinski definition) is 2. The summed E-state index contributed by atoms with van der Waals surface area (Å²) in [5.41, 5.74) is 1.67. The monoisotopic (exact) mass is 515 g/mol. The van der Waals surface area contributed by atoms with Crippen LogP contribution in [0.2, 0.25) is 5.02 Å². The van der Waals surface area contributed by atoms with Gasteiger partial charge in [-0.15, -0.1) is 0 Å². The molecule has 3 aromatic rings. The first kappa shape index (κ1) is 27.4. The van der Waals surface area contributed by atoms with Gasteiger partial charge in [-0.2, -0.15) is 0 Å². The fourth-order valence-corrected chi connectivity index (χ4v) is 4.11. The number of aliphatic hydroxyl groups excluding tert-OH is 1. The van der Waals surface area contributed by atoms with E-state index in [1.54, 1.807) is 35.0 Å². The lowest BCUT2D eigenvalue weighted by molar-refractivity contribution is 0.0929. The van der Waals surface area contributed by atoms with E-state index in [0.717, 1.165) is 0 Å². The van der Waals surface area contributed by atoms with Crippen LogP contribution < -0.4 is 10.1 Å². The number of Topliss-reactive ketones (excluding diaryl/α,β-unsaturated/α-hetero) is 1. The van der Waals surface area contributed by atoms with Gasteiger partial charge in [-0.25, -0.2) is 9.37 Å². The zero-order valence-corrected chi connectivity index (χ0v) is 21.6. The number of ether oxygens (including phenoxy) is 1. The number of aromatic nitrogens is 2. The summed E-state index contributed by atoms with van der Waals surface area (Å²) >= 11 is 6.25. The molecule has 0 aliphatic carbocycles. The Labute approximate surface area is 215 Å². The summed E-state index contributed by atoms with van der Waals surface area (Å²) in [5.74, 6) is -0.253. The summed E-state index contributed by atoms with van der Waals surface area (Å²) in [6, 6.07) is 9.12. The number of nitrogens with one attached hydrogen (secondary N) is 1. The molecule has 0 saturated carbocycles. The van der Waals surface area contributed by atoms with E-state index in [9.17, 15) is 14.7 Å². The van der Waals surface area contributed by atoms with Crippen LogP contribution in [0.25, 0.3) is 11.3 Å². The van der Waals surface area contributed by atoms with Crippen molar-refractivity contribution >= 4 is 23.3 Å². The average Bonchev–Trinajstić information content (AvgIpc) is 3.25. The second-order valence-electron chi connectivity index (χ2n) is 8.80. The molecule has 36 heavy (non-hydrogen) atoms. The number of carbonyl (C=O) groups is 2. The Morgan fingerprint density at radius 1 is 1.22 bits per heavy atom. The molecule has 1 atom stereocenters. The molecule has 0 radical (unpaired) electrons. The number of ketones is 1. The van der Waals surface area contributed by atoms with E-state index in [1.807, 2.05) is 20.8 Å². The Bertz CT molecular complexity index is 1240. The fourth-order valence-electron chi connectivity index (χ4n) is 3.89. The van der Waals surface area contributed by atoms with Gasteiger partial charge in [0.2, 0.25) is 0 Å². The van der Waals surface area contributed by atoms with Crippen LogP contribution in [-0.4, -0.2) is 45.1 Å². The summed E-state index contributed by atoms with van der Waals surface area (Å²) in [5, 5.41) is 12.7. The van der Waals surface area contributed by atoms with Gasteiger partial charge < -0.3 is 19.7 Å². The lowest BCUT2D eigenvalue weighted by Crippen LogP contribution is -2.37. The van der Waals surface area contributed by atoms with E-state index < -0.39 is 11.9 Å². The molecule has 0 fully saturated rings. The number of aliphatic hydroxyl groups is 1. The van der Waals surface area contributed by atoms with Crippen molar-refractivity contribution in [1.29, 1.82) is 0 Å². The number of rotatable bonds is 11. The number of halogens is 2. The van der Waals surface area contributed by atoms with Crippen molar-refractivity contribution in [2.75, 3.05) is 6.61 Å². The Kier molecular flexibility index (Phi) is 9.23. The van der Waals surface area contributed by atoms with Crippen LogP contribution in [0, 0.1) is 5.82 Å². The van der Waals surface area contributed by atoms with Crippen molar-refractivity contribution in [2.24, 2.45) is 0 Å². The smallest absolute Gasteiger partial charge is 0.251 e. The molecule has 2 N–H and O–H groups in total. The van der Waals surface area contributed by atoms with Gasteiger partial charge in [0.05, 0.1) is 16.8 Å². The van der Waals surface area contributed by atoms with Gasteiger partial charge in [0.15, 0.2) is 11.6 Å². The molecule has 2 aromatic carbocycles. The molecule has 7 nitrogen and oxygen atoms in total. The third-order valence-electron chi connectivity index (χ3n) is 5.59. The molecule has 1 unspecified atom stereocenters. The number of amides is 1. The largest absolute Gasteiger partial charge is 0.489 e. The van der Waals surface area contributed by atoms with E-state index in [-0.39, 0.29) is 35.8 Å². The Morgan fingerprint density at radius 3 is 2.53 bits per heavy atom. The lowest BCUT2D eigenvalue weighted by atomic mass is 10.0. The van der Waals surface area contributed by atoms with Crippen LogP contribution in [0.5, 0.6) is 5.75 Å². The van der Waals surface area contributed by atoms with E-state index in [2.05, 4.69) is 10.3 Å². The molecule has 9 heteroatoms. The van der Waals surface area contributed by atoms with Crippen LogP contribution in [0.15, 0.2) is 42.6 Å². The highest BCUT2D eigenvalue weighted by Crippen LogP contribution is 2.27. The van der Waals surface area contributed by atoms with Gasteiger partial charge in [0, 0.05) is 43.4 Å². The molecule has 0 aliphatic rings. The van der Waals surface area contributed by atoms with Crippen molar-refractivity contribution in [3.63, 3.8) is 0 Å². The Hall–Kier alpha value is -3.23. The summed E-state index contributed by atoms with van der Waals surface area (Å²) in [4.78, 5) is 28.9. The topological polar surface area (TPSA) is 93.4 Å². The summed E-state index contributed by atoms with van der Waals surface area (Å²) in [6.45, 7) is 7.47. The van der Waals surface area contributed by atoms with Gasteiger partial charge in [0.1, 0.15) is 11.6 Å². The third-order valence-corrected chi connectivity index (χ3v) is 5.89. The minimum atomic E-state index is -0.482. The Balaban J connectivity index is 1.75. The predicted octanol–water partition coefficient (Wildman–Crippen LogP) is 5.08. The van der Waals surface area contributed by atoms with E-state index >= 15 is 4.39 Å². The summed E-state index contributed by atoms with van der Waals surface area (Å²) < 4.78 is 22.3. The van der Waals surface area contributed by atoms with Crippen molar-refractivity contribution in [2.45, 2.75) is 59.2 Å². The first-order chi connectivity index (χ1) is 17.1. The van der Waals surface area contributed by atoms with Gasteiger partial charge in [-0.3, -0.25) is 9.59 Å². The highest BCUT2D eigenvalue weighted by atomic mass is 35.5. The minimum absolute atomic E-state index is 0.0542. The molecular formula is C27H31ClFN3O4.